The van der Waals surface area contributed by atoms with Crippen molar-refractivity contribution in [2.75, 3.05) is 24.7 Å². The molecule has 3 rings (SSSR count). The first-order valence-electron chi connectivity index (χ1n) is 13.1. The Labute approximate surface area is 198 Å². The molecule has 2 nitrogen and oxygen atoms in total. The van der Waals surface area contributed by atoms with Crippen LogP contribution in [0.1, 0.15) is 107 Å². The summed E-state index contributed by atoms with van der Waals surface area (Å²) >= 11 is 2.14. The van der Waals surface area contributed by atoms with Crippen molar-refractivity contribution in [1.82, 2.24) is 0 Å². The van der Waals surface area contributed by atoms with Gasteiger partial charge in [-0.1, -0.05) is 55.4 Å². The standard InChI is InChI=1S/C28H52O2S/c1-25(2,3)22-9-13-29-23(17-22)19-28(26(4,5)6)12-14-30-24(20-28)18-27(7,8)21-10-15-31-16-11-21/h21-24H,9-20H2,1-8H3. The first-order chi connectivity index (χ1) is 14.3. The number of hydrogen-bond donors (Lipinski definition) is 0. The van der Waals surface area contributed by atoms with E-state index in [0.717, 1.165) is 25.0 Å². The van der Waals surface area contributed by atoms with E-state index in [4.69, 9.17) is 9.47 Å². The minimum atomic E-state index is 0.276. The number of ether oxygens (including phenoxy) is 2. The van der Waals surface area contributed by atoms with Crippen molar-refractivity contribution in [2.45, 2.75) is 119 Å². The van der Waals surface area contributed by atoms with Crippen molar-refractivity contribution in [1.29, 1.82) is 0 Å². The molecule has 4 unspecified atom stereocenters. The Balaban J connectivity index is 1.70. The summed E-state index contributed by atoms with van der Waals surface area (Å²) in [6.07, 6.45) is 10.9. The fraction of sp³-hybridized carbons (Fsp3) is 1.00. The van der Waals surface area contributed by atoms with Crippen LogP contribution in [0.4, 0.5) is 0 Å². The molecule has 3 fully saturated rings. The summed E-state index contributed by atoms with van der Waals surface area (Å²) in [6.45, 7) is 21.6. The summed E-state index contributed by atoms with van der Waals surface area (Å²) in [6, 6.07) is 0. The van der Waals surface area contributed by atoms with Gasteiger partial charge in [0.2, 0.25) is 0 Å². The van der Waals surface area contributed by atoms with E-state index in [1.807, 2.05) is 0 Å². The van der Waals surface area contributed by atoms with Gasteiger partial charge >= 0.3 is 0 Å². The minimum Gasteiger partial charge on any atom is -0.378 e. The molecule has 0 aliphatic carbocycles. The maximum atomic E-state index is 6.47. The molecular formula is C28H52O2S. The van der Waals surface area contributed by atoms with Crippen molar-refractivity contribution >= 4 is 11.8 Å². The van der Waals surface area contributed by atoms with Gasteiger partial charge in [0, 0.05) is 13.2 Å². The fourth-order valence-electron chi connectivity index (χ4n) is 6.80. The third kappa shape index (κ3) is 6.44. The summed E-state index contributed by atoms with van der Waals surface area (Å²) in [7, 11) is 0. The fourth-order valence-corrected chi connectivity index (χ4v) is 7.91. The highest BCUT2D eigenvalue weighted by Gasteiger charge is 2.49. The molecule has 0 spiro atoms. The van der Waals surface area contributed by atoms with E-state index in [-0.39, 0.29) is 5.41 Å². The third-order valence-corrected chi connectivity index (χ3v) is 10.5. The van der Waals surface area contributed by atoms with Crippen molar-refractivity contribution < 1.29 is 9.47 Å². The smallest absolute Gasteiger partial charge is 0.0585 e. The van der Waals surface area contributed by atoms with Gasteiger partial charge in [0.15, 0.2) is 0 Å². The van der Waals surface area contributed by atoms with Gasteiger partial charge in [0.1, 0.15) is 0 Å². The Bertz CT molecular complexity index is 567. The molecule has 3 aliphatic heterocycles. The predicted molar refractivity (Wildman–Crippen MR) is 136 cm³/mol. The van der Waals surface area contributed by atoms with Crippen LogP contribution in [0.2, 0.25) is 0 Å². The van der Waals surface area contributed by atoms with E-state index >= 15 is 0 Å². The highest BCUT2D eigenvalue weighted by molar-refractivity contribution is 7.99. The molecule has 4 atom stereocenters. The molecule has 0 aromatic carbocycles. The van der Waals surface area contributed by atoms with Gasteiger partial charge in [0.05, 0.1) is 12.2 Å². The zero-order chi connectivity index (χ0) is 22.9. The predicted octanol–water partition coefficient (Wildman–Crippen LogP) is 7.99. The van der Waals surface area contributed by atoms with Crippen molar-refractivity contribution in [3.63, 3.8) is 0 Å². The molecule has 0 N–H and O–H groups in total. The summed E-state index contributed by atoms with van der Waals surface area (Å²) < 4.78 is 12.9. The second kappa shape index (κ2) is 9.87. The lowest BCUT2D eigenvalue weighted by molar-refractivity contribution is -0.139. The van der Waals surface area contributed by atoms with Gasteiger partial charge in [-0.25, -0.2) is 0 Å². The van der Waals surface area contributed by atoms with Gasteiger partial charge in [0.25, 0.3) is 0 Å². The van der Waals surface area contributed by atoms with E-state index in [1.54, 1.807) is 0 Å². The van der Waals surface area contributed by atoms with Crippen LogP contribution >= 0.6 is 11.8 Å². The SMILES string of the molecule is CC(C)(C)C1CCOC(CC2(C(C)(C)C)CCOC(CC(C)(C)C3CCSCC3)C2)C1. The maximum Gasteiger partial charge on any atom is 0.0585 e. The molecule has 0 aromatic rings. The molecule has 0 bridgehead atoms. The van der Waals surface area contributed by atoms with Crippen LogP contribution in [0.3, 0.4) is 0 Å². The number of rotatable bonds is 5. The zero-order valence-electron chi connectivity index (χ0n) is 22.0. The first-order valence-corrected chi connectivity index (χ1v) is 14.3. The first kappa shape index (κ1) is 25.9. The summed E-state index contributed by atoms with van der Waals surface area (Å²) in [5.74, 6) is 4.33. The molecule has 3 saturated heterocycles. The van der Waals surface area contributed by atoms with Gasteiger partial charge in [-0.15, -0.1) is 0 Å². The molecule has 3 heterocycles. The lowest BCUT2D eigenvalue weighted by atomic mass is 9.57. The number of hydrogen-bond acceptors (Lipinski definition) is 3. The molecule has 0 saturated carbocycles. The topological polar surface area (TPSA) is 18.5 Å². The van der Waals surface area contributed by atoms with Gasteiger partial charge in [-0.05, 0) is 96.4 Å². The minimum absolute atomic E-state index is 0.276. The lowest BCUT2D eigenvalue weighted by Gasteiger charge is -2.53. The summed E-state index contributed by atoms with van der Waals surface area (Å²) in [5.41, 5.74) is 1.36. The Morgan fingerprint density at radius 2 is 1.45 bits per heavy atom. The Morgan fingerprint density at radius 1 is 0.806 bits per heavy atom. The summed E-state index contributed by atoms with van der Waals surface area (Å²) in [5, 5.41) is 0. The van der Waals surface area contributed by atoms with E-state index in [1.165, 1.54) is 62.9 Å². The Morgan fingerprint density at radius 3 is 2.06 bits per heavy atom. The van der Waals surface area contributed by atoms with Crippen LogP contribution in [0.25, 0.3) is 0 Å². The quantitative estimate of drug-likeness (QED) is 0.421. The average Bonchev–Trinajstić information content (AvgIpc) is 2.67. The largest absolute Gasteiger partial charge is 0.378 e. The van der Waals surface area contributed by atoms with Gasteiger partial charge < -0.3 is 9.47 Å². The molecule has 0 radical (unpaired) electrons. The Hall–Kier alpha value is 0.270. The molecule has 31 heavy (non-hydrogen) atoms. The molecule has 0 amide bonds. The van der Waals surface area contributed by atoms with Crippen molar-refractivity contribution in [2.24, 2.45) is 33.5 Å². The zero-order valence-corrected chi connectivity index (χ0v) is 22.8. The van der Waals surface area contributed by atoms with Crippen LogP contribution in [-0.2, 0) is 9.47 Å². The van der Waals surface area contributed by atoms with E-state index in [0.29, 0.717) is 28.5 Å². The monoisotopic (exact) mass is 452 g/mol. The van der Waals surface area contributed by atoms with Crippen LogP contribution < -0.4 is 0 Å². The van der Waals surface area contributed by atoms with E-state index < -0.39 is 0 Å². The van der Waals surface area contributed by atoms with E-state index in [2.05, 4.69) is 67.2 Å². The second-order valence-corrected chi connectivity index (χ2v) is 15.1. The Kier molecular flexibility index (Phi) is 8.24. The van der Waals surface area contributed by atoms with Crippen LogP contribution in [-0.4, -0.2) is 36.9 Å². The second-order valence-electron chi connectivity index (χ2n) is 13.8. The van der Waals surface area contributed by atoms with Crippen molar-refractivity contribution in [3.8, 4) is 0 Å². The number of thioether (sulfide) groups is 1. The van der Waals surface area contributed by atoms with Crippen LogP contribution in [0.5, 0.6) is 0 Å². The van der Waals surface area contributed by atoms with Crippen LogP contribution in [0.15, 0.2) is 0 Å². The van der Waals surface area contributed by atoms with Gasteiger partial charge in [-0.3, -0.25) is 0 Å². The molecule has 3 aliphatic rings. The third-order valence-electron chi connectivity index (χ3n) is 9.43. The average molecular weight is 453 g/mol. The van der Waals surface area contributed by atoms with Crippen molar-refractivity contribution in [3.05, 3.63) is 0 Å². The molecule has 3 heteroatoms. The normalized spacial score (nSPS) is 34.6. The van der Waals surface area contributed by atoms with Gasteiger partial charge in [-0.2, -0.15) is 11.8 Å². The maximum absolute atomic E-state index is 6.47. The lowest BCUT2D eigenvalue weighted by Crippen LogP contribution is -2.48. The van der Waals surface area contributed by atoms with E-state index in [9.17, 15) is 0 Å². The summed E-state index contributed by atoms with van der Waals surface area (Å²) in [4.78, 5) is 0. The molecule has 182 valence electrons. The highest BCUT2D eigenvalue weighted by atomic mass is 32.2. The highest BCUT2D eigenvalue weighted by Crippen LogP contribution is 2.54. The molecular weight excluding hydrogens is 400 g/mol. The molecule has 0 aromatic heterocycles. The van der Waals surface area contributed by atoms with Crippen LogP contribution in [0, 0.1) is 33.5 Å².